The van der Waals surface area contributed by atoms with Gasteiger partial charge in [-0.15, -0.1) is 0 Å². The second-order valence-corrected chi connectivity index (χ2v) is 15.4. The molecule has 184 valence electrons. The zero-order valence-corrected chi connectivity index (χ0v) is 22.2. The Hall–Kier alpha value is -0.700. The van der Waals surface area contributed by atoms with E-state index in [4.69, 9.17) is 4.74 Å². The van der Waals surface area contributed by atoms with Crippen LogP contribution in [0.1, 0.15) is 106 Å². The highest BCUT2D eigenvalue weighted by atomic mass is 16.5. The zero-order chi connectivity index (χ0) is 23.8. The summed E-state index contributed by atoms with van der Waals surface area (Å²) in [6.07, 6.45) is 11.0. The van der Waals surface area contributed by atoms with Crippen molar-refractivity contribution >= 4 is 11.6 Å². The van der Waals surface area contributed by atoms with Crippen LogP contribution < -0.4 is 0 Å². The number of hydrogen-bond acceptors (Lipinski definition) is 3. The van der Waals surface area contributed by atoms with E-state index in [0.717, 1.165) is 18.9 Å². The first-order valence-electron chi connectivity index (χ1n) is 13.9. The van der Waals surface area contributed by atoms with Crippen molar-refractivity contribution in [2.24, 2.45) is 56.2 Å². The third-order valence-electron chi connectivity index (χ3n) is 13.7. The van der Waals surface area contributed by atoms with E-state index in [2.05, 4.69) is 48.5 Å². The zero-order valence-electron chi connectivity index (χ0n) is 22.2. The van der Waals surface area contributed by atoms with Crippen LogP contribution in [-0.2, 0) is 14.3 Å². The lowest BCUT2D eigenvalue weighted by atomic mass is 9.31. The van der Waals surface area contributed by atoms with E-state index in [1.54, 1.807) is 0 Å². The van der Waals surface area contributed by atoms with Crippen LogP contribution in [0.5, 0.6) is 0 Å². The molecule has 9 atom stereocenters. The van der Waals surface area contributed by atoms with Gasteiger partial charge in [0.1, 0.15) is 0 Å². The fourth-order valence-corrected chi connectivity index (χ4v) is 11.7. The maximum absolute atomic E-state index is 13.0. The molecule has 0 amide bonds. The third kappa shape index (κ3) is 2.47. The number of ketones is 2. The largest absolute Gasteiger partial charge is 0.377 e. The van der Waals surface area contributed by atoms with Gasteiger partial charge in [0.05, 0.1) is 12.7 Å². The fourth-order valence-electron chi connectivity index (χ4n) is 11.7. The summed E-state index contributed by atoms with van der Waals surface area (Å²) in [6.45, 7) is 17.7. The van der Waals surface area contributed by atoms with Gasteiger partial charge < -0.3 is 4.74 Å². The lowest BCUT2D eigenvalue weighted by Gasteiger charge is -2.72. The van der Waals surface area contributed by atoms with Gasteiger partial charge in [-0.3, -0.25) is 9.59 Å². The molecule has 0 N–H and O–H groups in total. The number of rotatable bonds is 0. The Morgan fingerprint density at radius 3 is 2.18 bits per heavy atom. The molecule has 1 heterocycles. The van der Waals surface area contributed by atoms with Gasteiger partial charge in [-0.05, 0) is 102 Å². The fraction of sp³-hybridized carbons (Fsp3) is 0.933. The van der Waals surface area contributed by atoms with Gasteiger partial charge in [0.25, 0.3) is 0 Å². The molecule has 2 unspecified atom stereocenters. The molecule has 6 fully saturated rings. The predicted octanol–water partition coefficient (Wildman–Crippen LogP) is 6.62. The Morgan fingerprint density at radius 1 is 0.758 bits per heavy atom. The highest BCUT2D eigenvalue weighted by molar-refractivity contribution is 6.39. The highest BCUT2D eigenvalue weighted by Gasteiger charge is 2.73. The molecule has 6 rings (SSSR count). The molecular weight excluding hydrogens is 408 g/mol. The normalized spacial score (nSPS) is 56.4. The third-order valence-corrected chi connectivity index (χ3v) is 13.7. The van der Waals surface area contributed by atoms with Crippen molar-refractivity contribution in [1.29, 1.82) is 0 Å². The molecule has 0 spiro atoms. The molecule has 1 aliphatic heterocycles. The van der Waals surface area contributed by atoms with E-state index < -0.39 is 5.41 Å². The summed E-state index contributed by atoms with van der Waals surface area (Å²) in [6, 6.07) is 0. The number of Topliss-reactive ketones (excluding diaryl/α,β-unsaturated/α-hetero) is 2. The molecule has 0 aromatic carbocycles. The quantitative estimate of drug-likeness (QED) is 0.386. The van der Waals surface area contributed by atoms with E-state index in [9.17, 15) is 9.59 Å². The van der Waals surface area contributed by atoms with Gasteiger partial charge in [0.2, 0.25) is 5.78 Å². The van der Waals surface area contributed by atoms with Crippen molar-refractivity contribution in [3.8, 4) is 0 Å². The Labute approximate surface area is 201 Å². The number of fused-ring (bicyclic) bond motifs is 5. The Kier molecular flexibility index (Phi) is 4.37. The van der Waals surface area contributed by atoms with Crippen LogP contribution in [0, 0.1) is 56.2 Å². The summed E-state index contributed by atoms with van der Waals surface area (Å²) in [5, 5.41) is 0. The van der Waals surface area contributed by atoms with Crippen LogP contribution in [-0.4, -0.2) is 24.3 Å². The molecular formula is C30H46O3. The van der Waals surface area contributed by atoms with E-state index in [1.807, 2.05) is 0 Å². The van der Waals surface area contributed by atoms with Gasteiger partial charge in [-0.2, -0.15) is 0 Å². The van der Waals surface area contributed by atoms with E-state index in [0.29, 0.717) is 41.1 Å². The molecule has 33 heavy (non-hydrogen) atoms. The van der Waals surface area contributed by atoms with E-state index in [1.165, 1.54) is 44.9 Å². The van der Waals surface area contributed by atoms with Crippen LogP contribution in [0.15, 0.2) is 0 Å². The second-order valence-electron chi connectivity index (χ2n) is 15.4. The summed E-state index contributed by atoms with van der Waals surface area (Å²) in [5.74, 6) is 2.09. The Balaban J connectivity index is 1.41. The van der Waals surface area contributed by atoms with E-state index in [-0.39, 0.29) is 27.8 Å². The maximum Gasteiger partial charge on any atom is 0.204 e. The van der Waals surface area contributed by atoms with Gasteiger partial charge in [-0.1, -0.05) is 48.5 Å². The molecule has 0 aromatic rings. The number of hydrogen-bond donors (Lipinski definition) is 0. The smallest absolute Gasteiger partial charge is 0.204 e. The molecule has 0 aromatic heterocycles. The number of ether oxygens (including phenoxy) is 1. The minimum atomic E-state index is -0.514. The van der Waals surface area contributed by atoms with Crippen molar-refractivity contribution in [2.75, 3.05) is 6.61 Å². The monoisotopic (exact) mass is 454 g/mol. The maximum atomic E-state index is 13.0. The van der Waals surface area contributed by atoms with Crippen LogP contribution in [0.3, 0.4) is 0 Å². The summed E-state index contributed by atoms with van der Waals surface area (Å²) >= 11 is 0. The Morgan fingerprint density at radius 2 is 1.45 bits per heavy atom. The predicted molar refractivity (Wildman–Crippen MR) is 130 cm³/mol. The average molecular weight is 455 g/mol. The molecule has 3 nitrogen and oxygen atoms in total. The first kappa shape index (κ1) is 22.7. The van der Waals surface area contributed by atoms with Gasteiger partial charge in [-0.25, -0.2) is 0 Å². The van der Waals surface area contributed by atoms with Crippen LogP contribution in [0.25, 0.3) is 0 Å². The van der Waals surface area contributed by atoms with Crippen molar-refractivity contribution in [3.05, 3.63) is 0 Å². The lowest BCUT2D eigenvalue weighted by molar-refractivity contribution is -0.238. The molecule has 2 bridgehead atoms. The molecule has 1 saturated heterocycles. The van der Waals surface area contributed by atoms with Crippen molar-refractivity contribution in [1.82, 2.24) is 0 Å². The molecule has 5 saturated carbocycles. The van der Waals surface area contributed by atoms with Crippen molar-refractivity contribution < 1.29 is 14.3 Å². The Bertz CT molecular complexity index is 918. The first-order valence-corrected chi connectivity index (χ1v) is 13.9. The van der Waals surface area contributed by atoms with Gasteiger partial charge in [0, 0.05) is 11.8 Å². The summed E-state index contributed by atoms with van der Waals surface area (Å²) < 4.78 is 6.67. The number of carbonyl (C=O) groups excluding carboxylic acids is 2. The van der Waals surface area contributed by atoms with Crippen molar-refractivity contribution in [2.45, 2.75) is 112 Å². The minimum Gasteiger partial charge on any atom is -0.377 e. The van der Waals surface area contributed by atoms with Crippen LogP contribution in [0.4, 0.5) is 0 Å². The second kappa shape index (κ2) is 6.34. The van der Waals surface area contributed by atoms with Gasteiger partial charge >= 0.3 is 0 Å². The number of carbonyl (C=O) groups is 2. The highest BCUT2D eigenvalue weighted by Crippen LogP contribution is 2.77. The van der Waals surface area contributed by atoms with Crippen LogP contribution >= 0.6 is 0 Å². The first-order chi connectivity index (χ1) is 15.2. The summed E-state index contributed by atoms with van der Waals surface area (Å²) in [7, 11) is 0. The van der Waals surface area contributed by atoms with Crippen LogP contribution in [0.2, 0.25) is 0 Å². The van der Waals surface area contributed by atoms with Crippen molar-refractivity contribution in [3.63, 3.8) is 0 Å². The average Bonchev–Trinajstić information content (AvgIpc) is 3.06. The van der Waals surface area contributed by atoms with E-state index >= 15 is 0 Å². The molecule has 6 aliphatic rings. The topological polar surface area (TPSA) is 43.4 Å². The summed E-state index contributed by atoms with van der Waals surface area (Å²) in [5.41, 5.74) is 0.674. The SMILES string of the molecule is CC1(C)CCC23CC[C@]4(C)[C@H](CC[C@@H]5[C@@]6(C)CC(=O)C(=O)C(C)(C)[C@@H]6CC[C@]54C)[C@H]2C1OC3. The van der Waals surface area contributed by atoms with Gasteiger partial charge in [0.15, 0.2) is 5.78 Å². The molecule has 5 aliphatic carbocycles. The summed E-state index contributed by atoms with van der Waals surface area (Å²) in [4.78, 5) is 25.9. The standard InChI is InChI=1S/C30H46O3/c1-25(2)12-14-30-15-13-28(6)18(22(30)24(25)33-17-30)8-9-21-27(5)16-19(31)23(32)26(3,4)20(27)10-11-29(21,28)7/h18,20-22,24H,8-17H2,1-7H3/t18-,20+,21-,22+,24?,27+,28-,29-,30?/m1/s1. The minimum absolute atomic E-state index is 0.0497. The molecule has 3 heteroatoms. The lowest BCUT2D eigenvalue weighted by Crippen LogP contribution is -2.68. The molecule has 0 radical (unpaired) electrons.